The summed E-state index contributed by atoms with van der Waals surface area (Å²) in [6.07, 6.45) is -0.796. The van der Waals surface area contributed by atoms with Crippen molar-refractivity contribution < 1.29 is 17.9 Å². The predicted octanol–water partition coefficient (Wildman–Crippen LogP) is 5.04. The van der Waals surface area contributed by atoms with Crippen molar-refractivity contribution in [2.75, 3.05) is 20.2 Å². The first-order valence-corrected chi connectivity index (χ1v) is 13.5. The average Bonchev–Trinajstić information content (AvgIpc) is 3.49. The highest BCUT2D eigenvalue weighted by Crippen LogP contribution is 2.49. The molecule has 1 aliphatic carbocycles. The minimum atomic E-state index is -4.65. The number of hydrogen-bond acceptors (Lipinski definition) is 5. The van der Waals surface area contributed by atoms with Crippen molar-refractivity contribution in [1.82, 2.24) is 29.2 Å². The molecule has 1 aliphatic rings. The van der Waals surface area contributed by atoms with Gasteiger partial charge in [-0.15, -0.1) is 10.2 Å². The van der Waals surface area contributed by atoms with Crippen LogP contribution < -0.4 is 5.56 Å². The molecule has 8 nitrogen and oxygen atoms in total. The van der Waals surface area contributed by atoms with Gasteiger partial charge >= 0.3 is 6.18 Å². The third-order valence-electron chi connectivity index (χ3n) is 7.93. The van der Waals surface area contributed by atoms with Crippen LogP contribution in [0, 0.1) is 5.92 Å². The van der Waals surface area contributed by atoms with Gasteiger partial charge in [-0.3, -0.25) is 14.3 Å². The zero-order valence-electron chi connectivity index (χ0n) is 23.4. The first-order valence-electron chi connectivity index (χ1n) is 13.5. The third-order valence-corrected chi connectivity index (χ3v) is 7.93. The summed E-state index contributed by atoms with van der Waals surface area (Å²) < 4.78 is 51.5. The molecular formula is C29H35F3N6O2. The molecule has 0 saturated heterocycles. The van der Waals surface area contributed by atoms with Gasteiger partial charge in [0.15, 0.2) is 0 Å². The van der Waals surface area contributed by atoms with E-state index < -0.39 is 22.7 Å². The third kappa shape index (κ3) is 4.96. The Balaban J connectivity index is 1.62. The highest BCUT2D eigenvalue weighted by molar-refractivity contribution is 5.84. The number of benzene rings is 1. The summed E-state index contributed by atoms with van der Waals surface area (Å²) in [5, 5.41) is 8.27. The van der Waals surface area contributed by atoms with E-state index in [1.165, 1.54) is 6.07 Å². The summed E-state index contributed by atoms with van der Waals surface area (Å²) in [6, 6.07) is 8.57. The highest BCUT2D eigenvalue weighted by atomic mass is 19.4. The summed E-state index contributed by atoms with van der Waals surface area (Å²) in [5.41, 5.74) is -0.197. The number of nitrogens with one attached hydrogen (secondary N) is 1. The Labute approximate surface area is 230 Å². The number of pyridine rings is 1. The molecule has 0 unspecified atom stereocenters. The van der Waals surface area contributed by atoms with Crippen molar-refractivity contribution >= 4 is 10.9 Å². The van der Waals surface area contributed by atoms with Crippen LogP contribution in [-0.2, 0) is 29.9 Å². The lowest BCUT2D eigenvalue weighted by molar-refractivity contribution is -0.136. The normalized spacial score (nSPS) is 19.6. The van der Waals surface area contributed by atoms with E-state index in [0.717, 1.165) is 35.2 Å². The summed E-state index contributed by atoms with van der Waals surface area (Å²) in [6.45, 7) is 8.17. The van der Waals surface area contributed by atoms with Crippen molar-refractivity contribution in [2.45, 2.75) is 57.9 Å². The van der Waals surface area contributed by atoms with E-state index in [2.05, 4.69) is 33.9 Å². The molecule has 3 aromatic heterocycles. The fraction of sp³-hybridized carbons (Fsp3) is 0.483. The number of rotatable bonds is 9. The van der Waals surface area contributed by atoms with Gasteiger partial charge < -0.3 is 14.3 Å². The maximum Gasteiger partial charge on any atom is 0.418 e. The summed E-state index contributed by atoms with van der Waals surface area (Å²) in [5.74, 6) is 1.15. The monoisotopic (exact) mass is 556 g/mol. The maximum absolute atomic E-state index is 14.3. The first kappa shape index (κ1) is 28.1. The Morgan fingerprint density at radius 2 is 2.00 bits per heavy atom. The zero-order valence-corrected chi connectivity index (χ0v) is 23.4. The van der Waals surface area contributed by atoms with Crippen molar-refractivity contribution in [3.05, 3.63) is 75.9 Å². The van der Waals surface area contributed by atoms with Crippen LogP contribution in [0.25, 0.3) is 16.6 Å². The molecule has 4 aromatic rings. The standard InChI is InChI=1S/C29H35F3N6O2/c1-6-37(14-18(2)3)15-20-11-23-24(29(30,31)32)16-38(26(39)25(23)34-20)21-9-7-8-19(10-21)28(12-22(13-28)40-5)27-35-33-17-36(27)4/h7-11,16-18,22,34H,6,12-15H2,1-5H3. The van der Waals surface area contributed by atoms with Gasteiger partial charge in [0.25, 0.3) is 5.56 Å². The molecule has 3 heterocycles. The van der Waals surface area contributed by atoms with Gasteiger partial charge in [0, 0.05) is 50.2 Å². The van der Waals surface area contributed by atoms with Gasteiger partial charge in [-0.25, -0.2) is 0 Å². The van der Waals surface area contributed by atoms with E-state index >= 15 is 0 Å². The predicted molar refractivity (Wildman–Crippen MR) is 147 cm³/mol. The minimum Gasteiger partial charge on any atom is -0.381 e. The molecule has 1 saturated carbocycles. The summed E-state index contributed by atoms with van der Waals surface area (Å²) in [4.78, 5) is 18.8. The molecule has 0 aliphatic heterocycles. The number of methoxy groups -OCH3 is 1. The largest absolute Gasteiger partial charge is 0.418 e. The molecule has 0 atom stereocenters. The Kier molecular flexibility index (Phi) is 7.39. The van der Waals surface area contributed by atoms with Crippen LogP contribution in [0.2, 0.25) is 0 Å². The lowest BCUT2D eigenvalue weighted by Gasteiger charge is -2.46. The molecule has 1 N–H and O–H groups in total. The van der Waals surface area contributed by atoms with E-state index in [9.17, 15) is 18.0 Å². The van der Waals surface area contributed by atoms with E-state index in [1.807, 2.05) is 24.6 Å². The topological polar surface area (TPSA) is 81.0 Å². The molecule has 1 fully saturated rings. The van der Waals surface area contributed by atoms with Crippen LogP contribution in [0.1, 0.15) is 56.3 Å². The maximum atomic E-state index is 14.3. The second-order valence-electron chi connectivity index (χ2n) is 11.2. The van der Waals surface area contributed by atoms with Gasteiger partial charge in [0.1, 0.15) is 17.7 Å². The van der Waals surface area contributed by atoms with Crippen molar-refractivity contribution in [2.24, 2.45) is 13.0 Å². The van der Waals surface area contributed by atoms with Crippen LogP contribution in [0.15, 0.2) is 47.7 Å². The second kappa shape index (κ2) is 10.5. The van der Waals surface area contributed by atoms with Crippen molar-refractivity contribution in [3.63, 3.8) is 0 Å². The van der Waals surface area contributed by atoms with E-state index in [4.69, 9.17) is 4.74 Å². The Bertz CT molecular complexity index is 1560. The molecule has 0 radical (unpaired) electrons. The zero-order chi connectivity index (χ0) is 28.8. The summed E-state index contributed by atoms with van der Waals surface area (Å²) >= 11 is 0. The molecule has 40 heavy (non-hydrogen) atoms. The van der Waals surface area contributed by atoms with Crippen molar-refractivity contribution in [1.29, 1.82) is 0 Å². The lowest BCUT2D eigenvalue weighted by Crippen LogP contribution is -2.48. The van der Waals surface area contributed by atoms with Crippen LogP contribution in [0.4, 0.5) is 13.2 Å². The number of fused-ring (bicyclic) bond motifs is 1. The number of aromatic nitrogens is 5. The molecule has 5 rings (SSSR count). The number of alkyl halides is 3. The molecule has 0 bridgehead atoms. The van der Waals surface area contributed by atoms with Crippen molar-refractivity contribution in [3.8, 4) is 5.69 Å². The van der Waals surface area contributed by atoms with Gasteiger partial charge in [0.05, 0.1) is 17.1 Å². The van der Waals surface area contributed by atoms with Gasteiger partial charge in [-0.2, -0.15) is 13.2 Å². The fourth-order valence-electron chi connectivity index (χ4n) is 5.94. The molecule has 0 amide bonds. The number of H-pyrrole nitrogens is 1. The van der Waals surface area contributed by atoms with Crippen LogP contribution >= 0.6 is 0 Å². The van der Waals surface area contributed by atoms with E-state index in [1.54, 1.807) is 31.6 Å². The lowest BCUT2D eigenvalue weighted by atomic mass is 9.62. The smallest absolute Gasteiger partial charge is 0.381 e. The SMILES string of the molecule is CCN(Cc1cc2c(C(F)(F)F)cn(-c3cccc(C4(c5nncn5C)CC(OC)C4)c3)c(=O)c2[nH]1)CC(C)C. The number of aromatic amines is 1. The quantitative estimate of drug-likeness (QED) is 0.313. The van der Waals surface area contributed by atoms with Crippen LogP contribution in [0.5, 0.6) is 0 Å². The number of ether oxygens (including phenoxy) is 1. The summed E-state index contributed by atoms with van der Waals surface area (Å²) in [7, 11) is 3.51. The van der Waals surface area contributed by atoms with E-state index in [-0.39, 0.29) is 17.0 Å². The Morgan fingerprint density at radius 1 is 1.25 bits per heavy atom. The van der Waals surface area contributed by atoms with Gasteiger partial charge in [-0.05, 0) is 49.1 Å². The molecule has 1 aromatic carbocycles. The number of aryl methyl sites for hydroxylation is 1. The molecular weight excluding hydrogens is 521 g/mol. The molecule has 0 spiro atoms. The Hall–Kier alpha value is -3.44. The van der Waals surface area contributed by atoms with E-state index in [0.29, 0.717) is 36.7 Å². The molecule has 11 heteroatoms. The average molecular weight is 557 g/mol. The van der Waals surface area contributed by atoms with Crippen LogP contribution in [0.3, 0.4) is 0 Å². The van der Waals surface area contributed by atoms with Crippen LogP contribution in [-0.4, -0.2) is 55.5 Å². The number of hydrogen-bond donors (Lipinski definition) is 1. The number of halogens is 3. The molecule has 214 valence electrons. The minimum absolute atomic E-state index is 0.0204. The second-order valence-corrected chi connectivity index (χ2v) is 11.2. The first-order chi connectivity index (χ1) is 19.0. The highest BCUT2D eigenvalue weighted by Gasteiger charge is 2.50. The van der Waals surface area contributed by atoms with Gasteiger partial charge in [-0.1, -0.05) is 32.9 Å². The van der Waals surface area contributed by atoms with Gasteiger partial charge in [0.2, 0.25) is 0 Å². The Morgan fingerprint density at radius 3 is 2.60 bits per heavy atom. The fourth-order valence-corrected chi connectivity index (χ4v) is 5.94. The number of nitrogens with zero attached hydrogens (tertiary/aromatic N) is 5.